The molecule has 3 heterocycles. The molecule has 1 atom stereocenters. The molecular weight excluding hydrogens is 487 g/mol. The number of hydrogen-bond donors (Lipinski definition) is 1. The van der Waals surface area contributed by atoms with Gasteiger partial charge in [0.1, 0.15) is 5.82 Å². The smallest absolute Gasteiger partial charge is 0.252 e. The van der Waals surface area contributed by atoms with Crippen molar-refractivity contribution < 1.29 is 4.39 Å². The number of hydrogen-bond acceptors (Lipinski definition) is 6. The molecule has 0 saturated heterocycles. The van der Waals surface area contributed by atoms with Crippen molar-refractivity contribution in [3.05, 3.63) is 110 Å². The number of H-pyrrole nitrogens is 1. The van der Waals surface area contributed by atoms with Gasteiger partial charge in [-0.2, -0.15) is 0 Å². The average Bonchev–Trinajstić information content (AvgIpc) is 3.58. The molecule has 0 saturated carbocycles. The lowest BCUT2D eigenvalue weighted by molar-refractivity contribution is 0.163. The number of nitrogens with one attached hydrogen (secondary N) is 1. The Hall–Kier alpha value is -3.69. The minimum atomic E-state index is -0.277. The molecule has 0 radical (unpaired) electrons. The van der Waals surface area contributed by atoms with Crippen LogP contribution in [0.25, 0.3) is 10.9 Å². The quantitative estimate of drug-likeness (QED) is 0.266. The van der Waals surface area contributed by atoms with Crippen LogP contribution in [0.15, 0.2) is 70.8 Å². The molecule has 0 fully saturated rings. The zero-order valence-electron chi connectivity index (χ0n) is 20.9. The van der Waals surface area contributed by atoms with Crippen molar-refractivity contribution in [1.29, 1.82) is 0 Å². The molecule has 0 aliphatic rings. The van der Waals surface area contributed by atoms with Gasteiger partial charge in [0.05, 0.1) is 12.6 Å². The van der Waals surface area contributed by atoms with E-state index in [9.17, 15) is 9.18 Å². The van der Waals surface area contributed by atoms with Crippen LogP contribution in [0.1, 0.15) is 53.7 Å². The maximum Gasteiger partial charge on any atom is 0.252 e. The van der Waals surface area contributed by atoms with E-state index >= 15 is 0 Å². The van der Waals surface area contributed by atoms with Gasteiger partial charge in [-0.05, 0) is 81.6 Å². The zero-order valence-corrected chi connectivity index (χ0v) is 21.7. The molecule has 9 heteroatoms. The minimum Gasteiger partial charge on any atom is -0.322 e. The average molecular weight is 517 g/mol. The Kier molecular flexibility index (Phi) is 7.52. The number of rotatable bonds is 10. The molecule has 5 rings (SSSR count). The first-order valence-electron chi connectivity index (χ1n) is 12.5. The molecular formula is C28H29FN6OS. The molecule has 7 nitrogen and oxygen atoms in total. The van der Waals surface area contributed by atoms with E-state index in [-0.39, 0.29) is 17.4 Å². The van der Waals surface area contributed by atoms with E-state index in [1.165, 1.54) is 22.6 Å². The van der Waals surface area contributed by atoms with Crippen LogP contribution in [0.5, 0.6) is 0 Å². The van der Waals surface area contributed by atoms with Crippen LogP contribution in [0.4, 0.5) is 4.39 Å². The van der Waals surface area contributed by atoms with Gasteiger partial charge in [-0.25, -0.2) is 9.07 Å². The summed E-state index contributed by atoms with van der Waals surface area (Å²) in [6.45, 7) is 5.76. The predicted molar refractivity (Wildman–Crippen MR) is 144 cm³/mol. The van der Waals surface area contributed by atoms with Crippen LogP contribution in [0, 0.1) is 5.82 Å². The SMILES string of the molecule is CCc1ccc2[nH]c(=O)c(CN(Cc3cccs3)[C@@H](CC)c3nnnn3Cc3ccc(F)cc3)cc2c1. The number of fused-ring (bicyclic) bond motifs is 1. The standard InChI is InChI=1S/C28H29FN6OS/c1-3-19-9-12-25-21(14-19)15-22(28(36)30-25)17-34(18-24-6-5-13-37-24)26(4-2)27-31-32-33-35(27)16-20-7-10-23(29)11-8-20/h5-15,26H,3-4,16-18H2,1-2H3,(H,30,36)/t26-/m0/s1. The summed E-state index contributed by atoms with van der Waals surface area (Å²) >= 11 is 1.69. The lowest BCUT2D eigenvalue weighted by Gasteiger charge is -2.30. The lowest BCUT2D eigenvalue weighted by Crippen LogP contribution is -2.32. The predicted octanol–water partition coefficient (Wildman–Crippen LogP) is 5.48. The van der Waals surface area contributed by atoms with Crippen molar-refractivity contribution in [2.45, 2.75) is 52.4 Å². The molecule has 0 amide bonds. The third-order valence-electron chi connectivity index (χ3n) is 6.64. The van der Waals surface area contributed by atoms with Crippen molar-refractivity contribution in [2.75, 3.05) is 0 Å². The topological polar surface area (TPSA) is 79.7 Å². The molecule has 0 aliphatic carbocycles. The second-order valence-electron chi connectivity index (χ2n) is 9.13. The summed E-state index contributed by atoms with van der Waals surface area (Å²) in [6.07, 6.45) is 1.68. The van der Waals surface area contributed by atoms with Gasteiger partial charge < -0.3 is 4.98 Å². The molecule has 2 aromatic carbocycles. The number of aryl methyl sites for hydroxylation is 1. The van der Waals surface area contributed by atoms with Crippen LogP contribution < -0.4 is 5.56 Å². The highest BCUT2D eigenvalue weighted by molar-refractivity contribution is 7.09. The van der Waals surface area contributed by atoms with Gasteiger partial charge in [0.2, 0.25) is 0 Å². The molecule has 0 spiro atoms. The molecule has 0 aliphatic heterocycles. The molecule has 3 aromatic heterocycles. The van der Waals surface area contributed by atoms with E-state index in [2.05, 4.69) is 62.8 Å². The van der Waals surface area contributed by atoms with Crippen LogP contribution in [0.2, 0.25) is 0 Å². The highest BCUT2D eigenvalue weighted by Crippen LogP contribution is 2.28. The van der Waals surface area contributed by atoms with E-state index in [4.69, 9.17) is 0 Å². The van der Waals surface area contributed by atoms with Crippen LogP contribution >= 0.6 is 11.3 Å². The Balaban J connectivity index is 1.50. The van der Waals surface area contributed by atoms with Gasteiger partial charge in [-0.15, -0.1) is 16.4 Å². The van der Waals surface area contributed by atoms with E-state index < -0.39 is 0 Å². The van der Waals surface area contributed by atoms with Crippen LogP contribution in [-0.2, 0) is 26.1 Å². The fourth-order valence-electron chi connectivity index (χ4n) is 4.67. The van der Waals surface area contributed by atoms with Crippen molar-refractivity contribution in [3.63, 3.8) is 0 Å². The summed E-state index contributed by atoms with van der Waals surface area (Å²) in [5, 5.41) is 15.7. The summed E-state index contributed by atoms with van der Waals surface area (Å²) in [4.78, 5) is 19.6. The zero-order chi connectivity index (χ0) is 25.8. The number of nitrogens with zero attached hydrogens (tertiary/aromatic N) is 5. The van der Waals surface area contributed by atoms with Gasteiger partial charge in [0.15, 0.2) is 5.82 Å². The summed E-state index contributed by atoms with van der Waals surface area (Å²) in [5.41, 5.74) is 3.59. The van der Waals surface area contributed by atoms with Gasteiger partial charge in [-0.1, -0.05) is 38.1 Å². The van der Waals surface area contributed by atoms with E-state index in [0.717, 1.165) is 29.3 Å². The number of pyridine rings is 1. The number of aromatic amines is 1. The van der Waals surface area contributed by atoms with Gasteiger partial charge >= 0.3 is 0 Å². The van der Waals surface area contributed by atoms with Crippen molar-refractivity contribution in [1.82, 2.24) is 30.1 Å². The fraction of sp³-hybridized carbons (Fsp3) is 0.286. The molecule has 5 aromatic rings. The second kappa shape index (κ2) is 11.1. The third-order valence-corrected chi connectivity index (χ3v) is 7.50. The number of aromatic nitrogens is 5. The Morgan fingerprint density at radius 3 is 2.59 bits per heavy atom. The normalized spacial score (nSPS) is 12.4. The monoisotopic (exact) mass is 516 g/mol. The largest absolute Gasteiger partial charge is 0.322 e. The maximum absolute atomic E-state index is 13.4. The first-order chi connectivity index (χ1) is 18.0. The number of benzene rings is 2. The first-order valence-corrected chi connectivity index (χ1v) is 13.3. The summed E-state index contributed by atoms with van der Waals surface area (Å²) in [6, 6.07) is 18.5. The summed E-state index contributed by atoms with van der Waals surface area (Å²) in [5.74, 6) is 0.440. The highest BCUT2D eigenvalue weighted by atomic mass is 32.1. The molecule has 0 unspecified atom stereocenters. The number of halogens is 1. The van der Waals surface area contributed by atoms with Crippen LogP contribution in [-0.4, -0.2) is 30.1 Å². The van der Waals surface area contributed by atoms with Gasteiger partial charge in [0, 0.05) is 29.0 Å². The van der Waals surface area contributed by atoms with E-state index in [1.54, 1.807) is 28.2 Å². The highest BCUT2D eigenvalue weighted by Gasteiger charge is 2.26. The lowest BCUT2D eigenvalue weighted by atomic mass is 10.1. The minimum absolute atomic E-state index is 0.0892. The Morgan fingerprint density at radius 2 is 1.86 bits per heavy atom. The molecule has 190 valence electrons. The maximum atomic E-state index is 13.4. The van der Waals surface area contributed by atoms with E-state index in [0.29, 0.717) is 31.0 Å². The first kappa shape index (κ1) is 25.0. The van der Waals surface area contributed by atoms with Gasteiger partial charge in [0.25, 0.3) is 5.56 Å². The van der Waals surface area contributed by atoms with Crippen molar-refractivity contribution >= 4 is 22.2 Å². The van der Waals surface area contributed by atoms with Crippen molar-refractivity contribution in [3.8, 4) is 0 Å². The summed E-state index contributed by atoms with van der Waals surface area (Å²) in [7, 11) is 0. The Morgan fingerprint density at radius 1 is 1.05 bits per heavy atom. The molecule has 0 bridgehead atoms. The number of thiophene rings is 1. The van der Waals surface area contributed by atoms with Gasteiger partial charge in [-0.3, -0.25) is 9.69 Å². The van der Waals surface area contributed by atoms with Crippen LogP contribution in [0.3, 0.4) is 0 Å². The Bertz CT molecular complexity index is 1530. The fourth-order valence-corrected chi connectivity index (χ4v) is 5.40. The van der Waals surface area contributed by atoms with Crippen molar-refractivity contribution in [2.24, 2.45) is 0 Å². The summed E-state index contributed by atoms with van der Waals surface area (Å²) < 4.78 is 15.2. The van der Waals surface area contributed by atoms with E-state index in [1.807, 2.05) is 18.2 Å². The molecule has 37 heavy (non-hydrogen) atoms. The molecule has 1 N–H and O–H groups in total. The second-order valence-corrected chi connectivity index (χ2v) is 10.2. The number of tetrazole rings is 1. The Labute approximate surface area is 218 Å². The third kappa shape index (κ3) is 5.68.